The molecule has 1 fully saturated rings. The van der Waals surface area contributed by atoms with Crippen LogP contribution in [0.25, 0.3) is 27.7 Å². The molecule has 0 bridgehead atoms. The zero-order valence-electron chi connectivity index (χ0n) is 20.2. The largest absolute Gasteiger partial charge is 0.354 e. The summed E-state index contributed by atoms with van der Waals surface area (Å²) in [5.41, 5.74) is 5.34. The third-order valence-corrected chi connectivity index (χ3v) is 6.52. The van der Waals surface area contributed by atoms with Crippen molar-refractivity contribution in [1.82, 2.24) is 35.0 Å². The Morgan fingerprint density at radius 1 is 1.22 bits per heavy atom. The number of H-pyrrole nitrogens is 1. The predicted molar refractivity (Wildman–Crippen MR) is 134 cm³/mol. The van der Waals surface area contributed by atoms with E-state index < -0.39 is 6.04 Å². The van der Waals surface area contributed by atoms with Gasteiger partial charge in [-0.25, -0.2) is 4.98 Å². The highest BCUT2D eigenvalue weighted by Crippen LogP contribution is 2.31. The van der Waals surface area contributed by atoms with Crippen LogP contribution < -0.4 is 5.32 Å². The first-order chi connectivity index (χ1) is 17.5. The van der Waals surface area contributed by atoms with Crippen LogP contribution in [0.5, 0.6) is 0 Å². The molecule has 1 saturated heterocycles. The lowest BCUT2D eigenvalue weighted by molar-refractivity contribution is -0.135. The summed E-state index contributed by atoms with van der Waals surface area (Å²) in [5.74, 6) is -0.562. The molecule has 182 valence electrons. The van der Waals surface area contributed by atoms with E-state index in [4.69, 9.17) is 0 Å². The van der Waals surface area contributed by atoms with Gasteiger partial charge in [0.05, 0.1) is 11.7 Å². The Morgan fingerprint density at radius 2 is 2.08 bits per heavy atom. The lowest BCUT2D eigenvalue weighted by Gasteiger charge is -2.24. The van der Waals surface area contributed by atoms with Crippen molar-refractivity contribution in [3.8, 4) is 17.2 Å². The third-order valence-electron chi connectivity index (χ3n) is 6.52. The smallest absolute Gasteiger partial charge is 0.265 e. The molecule has 1 aliphatic heterocycles. The van der Waals surface area contributed by atoms with Crippen LogP contribution in [-0.4, -0.2) is 60.6 Å². The molecular formula is C26H26N8O2. The highest BCUT2D eigenvalue weighted by Gasteiger charge is 2.35. The van der Waals surface area contributed by atoms with Crippen LogP contribution in [0.3, 0.4) is 0 Å². The van der Waals surface area contributed by atoms with Gasteiger partial charge in [-0.2, -0.15) is 20.1 Å². The molecule has 5 rings (SSSR count). The number of likely N-dealkylation sites (tertiary alicyclic amines) is 1. The normalized spacial score (nSPS) is 15.2. The summed E-state index contributed by atoms with van der Waals surface area (Å²) in [6, 6.07) is 9.27. The van der Waals surface area contributed by atoms with Crippen molar-refractivity contribution < 1.29 is 9.59 Å². The average molecular weight is 483 g/mol. The highest BCUT2D eigenvalue weighted by molar-refractivity contribution is 6.01. The molecule has 1 unspecified atom stereocenters. The second kappa shape index (κ2) is 9.62. The lowest BCUT2D eigenvalue weighted by Crippen LogP contribution is -2.46. The Morgan fingerprint density at radius 3 is 2.89 bits per heavy atom. The van der Waals surface area contributed by atoms with Gasteiger partial charge < -0.3 is 15.2 Å². The molecule has 0 aromatic carbocycles. The van der Waals surface area contributed by atoms with E-state index in [1.165, 1.54) is 4.90 Å². The summed E-state index contributed by atoms with van der Waals surface area (Å²) in [6.45, 7) is 4.35. The number of nitrogens with one attached hydrogen (secondary N) is 2. The topological polar surface area (TPSA) is 132 Å². The fourth-order valence-corrected chi connectivity index (χ4v) is 4.73. The Hall–Kier alpha value is -4.52. The van der Waals surface area contributed by atoms with Crippen LogP contribution >= 0.6 is 0 Å². The standard InChI is InChI=1S/C26H26N8O2/c1-16(2)20(14-27)26(36)33-12-4-6-23(33)25(35)29-10-7-17-13-19-18(8-11-28-24(19)32-17)21-15-31-34-22(21)5-3-9-30-34/h3,5,8-9,11,13,15,23H,4,6-7,10,12H2,1-2H3,(H,28,32)(H,29,35). The Kier molecular flexibility index (Phi) is 6.21. The van der Waals surface area contributed by atoms with Gasteiger partial charge >= 0.3 is 0 Å². The Bertz CT molecular complexity index is 1540. The second-order valence-corrected chi connectivity index (χ2v) is 9.06. The third kappa shape index (κ3) is 4.20. The number of carbonyl (C=O) groups is 2. The predicted octanol–water partition coefficient (Wildman–Crippen LogP) is 2.78. The monoisotopic (exact) mass is 482 g/mol. The molecule has 36 heavy (non-hydrogen) atoms. The first-order valence-corrected chi connectivity index (χ1v) is 11.9. The van der Waals surface area contributed by atoms with Crippen molar-refractivity contribution in [1.29, 1.82) is 5.26 Å². The number of amides is 2. The van der Waals surface area contributed by atoms with Crippen molar-refractivity contribution >= 4 is 28.4 Å². The first kappa shape index (κ1) is 23.2. The number of aromatic nitrogens is 5. The van der Waals surface area contributed by atoms with E-state index in [1.807, 2.05) is 30.3 Å². The van der Waals surface area contributed by atoms with Gasteiger partial charge in [-0.3, -0.25) is 9.59 Å². The molecule has 0 radical (unpaired) electrons. The zero-order valence-corrected chi connectivity index (χ0v) is 20.2. The van der Waals surface area contributed by atoms with Gasteiger partial charge in [0.25, 0.3) is 5.91 Å². The van der Waals surface area contributed by atoms with Crippen molar-refractivity contribution in [3.63, 3.8) is 0 Å². The molecule has 4 aromatic rings. The number of aromatic amines is 1. The van der Waals surface area contributed by atoms with Gasteiger partial charge in [-0.15, -0.1) is 0 Å². The Labute approximate surface area is 207 Å². The summed E-state index contributed by atoms with van der Waals surface area (Å²) in [4.78, 5) is 35.0. The van der Waals surface area contributed by atoms with Crippen molar-refractivity contribution in [2.45, 2.75) is 39.2 Å². The number of nitriles is 1. The molecular weight excluding hydrogens is 456 g/mol. The average Bonchev–Trinajstić information content (AvgIpc) is 3.61. The SMILES string of the molecule is CC(C)=C(C#N)C(=O)N1CCCC1C(=O)NCCc1cc2c(-c3cnn4ncccc34)ccnc2[nH]1. The van der Waals surface area contributed by atoms with Crippen molar-refractivity contribution in [2.75, 3.05) is 13.1 Å². The minimum atomic E-state index is -0.555. The molecule has 1 atom stereocenters. The molecule has 1 aliphatic rings. The number of rotatable bonds is 6. The van der Waals surface area contributed by atoms with E-state index in [1.54, 1.807) is 37.1 Å². The minimum absolute atomic E-state index is 0.109. The number of carbonyl (C=O) groups excluding carboxylic acids is 2. The number of pyridine rings is 1. The molecule has 5 heterocycles. The molecule has 2 N–H and O–H groups in total. The lowest BCUT2D eigenvalue weighted by atomic mass is 10.1. The molecule has 0 aliphatic carbocycles. The van der Waals surface area contributed by atoms with E-state index >= 15 is 0 Å². The first-order valence-electron chi connectivity index (χ1n) is 11.9. The number of fused-ring (bicyclic) bond motifs is 2. The van der Waals surface area contributed by atoms with Crippen LogP contribution in [0.2, 0.25) is 0 Å². The highest BCUT2D eigenvalue weighted by atomic mass is 16.2. The van der Waals surface area contributed by atoms with Gasteiger partial charge in [0.1, 0.15) is 23.3 Å². The van der Waals surface area contributed by atoms with Gasteiger partial charge in [0, 0.05) is 48.5 Å². The van der Waals surface area contributed by atoms with E-state index in [9.17, 15) is 14.9 Å². The van der Waals surface area contributed by atoms with Gasteiger partial charge in [0.2, 0.25) is 5.91 Å². The minimum Gasteiger partial charge on any atom is -0.354 e. The van der Waals surface area contributed by atoms with Crippen molar-refractivity contribution in [2.24, 2.45) is 0 Å². The van der Waals surface area contributed by atoms with E-state index in [0.29, 0.717) is 31.5 Å². The van der Waals surface area contributed by atoms with Gasteiger partial charge in [-0.1, -0.05) is 5.57 Å². The van der Waals surface area contributed by atoms with Gasteiger partial charge in [0.15, 0.2) is 0 Å². The van der Waals surface area contributed by atoms with E-state index in [-0.39, 0.29) is 17.4 Å². The molecule has 4 aromatic heterocycles. The Balaban J connectivity index is 1.28. The molecule has 0 spiro atoms. The van der Waals surface area contributed by atoms with Crippen molar-refractivity contribution in [3.05, 3.63) is 59.7 Å². The fraction of sp³-hybridized carbons (Fsp3) is 0.308. The maximum Gasteiger partial charge on any atom is 0.265 e. The molecule has 10 nitrogen and oxygen atoms in total. The van der Waals surface area contributed by atoms with Gasteiger partial charge in [-0.05, 0) is 56.5 Å². The maximum absolute atomic E-state index is 12.9. The summed E-state index contributed by atoms with van der Waals surface area (Å²) in [5, 5.41) is 21.8. The zero-order chi connectivity index (χ0) is 25.2. The number of allylic oxidation sites excluding steroid dienone is 1. The van der Waals surface area contributed by atoms with E-state index in [2.05, 4.69) is 25.5 Å². The van der Waals surface area contributed by atoms with E-state index in [0.717, 1.165) is 39.8 Å². The molecule has 0 saturated carbocycles. The molecule has 10 heteroatoms. The van der Waals surface area contributed by atoms with Crippen LogP contribution in [0.15, 0.2) is 54.0 Å². The fourth-order valence-electron chi connectivity index (χ4n) is 4.73. The van der Waals surface area contributed by atoms with Crippen LogP contribution in [0.4, 0.5) is 0 Å². The summed E-state index contributed by atoms with van der Waals surface area (Å²) in [6.07, 6.45) is 7.15. The summed E-state index contributed by atoms with van der Waals surface area (Å²) in [7, 11) is 0. The summed E-state index contributed by atoms with van der Waals surface area (Å²) < 4.78 is 1.60. The number of hydrogen-bond acceptors (Lipinski definition) is 6. The second-order valence-electron chi connectivity index (χ2n) is 9.06. The van der Waals surface area contributed by atoms with Crippen LogP contribution in [0.1, 0.15) is 32.4 Å². The number of hydrogen-bond donors (Lipinski definition) is 2. The van der Waals surface area contributed by atoms with Crippen LogP contribution in [-0.2, 0) is 16.0 Å². The molecule has 2 amide bonds. The quantitative estimate of drug-likeness (QED) is 0.321. The van der Waals surface area contributed by atoms with Crippen LogP contribution in [0, 0.1) is 11.3 Å². The maximum atomic E-state index is 12.9. The summed E-state index contributed by atoms with van der Waals surface area (Å²) >= 11 is 0. The number of nitrogens with zero attached hydrogens (tertiary/aromatic N) is 6.